The zero-order valence-corrected chi connectivity index (χ0v) is 9.63. The van der Waals surface area contributed by atoms with Gasteiger partial charge in [-0.2, -0.15) is 0 Å². The van der Waals surface area contributed by atoms with Gasteiger partial charge in [0.05, 0.1) is 6.61 Å². The number of carbonyl (C=O) groups excluding carboxylic acids is 1. The van der Waals surface area contributed by atoms with Crippen LogP contribution in [0.5, 0.6) is 0 Å². The molecule has 0 bridgehead atoms. The molecule has 1 aliphatic rings. The molecule has 1 fully saturated rings. The molecule has 0 atom stereocenters. The van der Waals surface area contributed by atoms with Gasteiger partial charge in [-0.15, -0.1) is 0 Å². The maximum atomic E-state index is 11.0. The fourth-order valence-electron chi connectivity index (χ4n) is 1.77. The van der Waals surface area contributed by atoms with Crippen LogP contribution in [0.25, 0.3) is 0 Å². The molecule has 4 heteroatoms. The van der Waals surface area contributed by atoms with Gasteiger partial charge in [0, 0.05) is 13.0 Å². The molecule has 0 unspecified atom stereocenters. The molecule has 0 aromatic rings. The van der Waals surface area contributed by atoms with Gasteiger partial charge in [-0.1, -0.05) is 13.3 Å². The Morgan fingerprint density at radius 1 is 1.33 bits per heavy atom. The first-order valence-electron chi connectivity index (χ1n) is 5.96. The Kier molecular flexibility index (Phi) is 6.36. The molecular formula is C11H22N2O2. The monoisotopic (exact) mass is 214 g/mol. The Morgan fingerprint density at radius 3 is 2.73 bits per heavy atom. The number of nitrogens with one attached hydrogen (secondary N) is 1. The molecule has 15 heavy (non-hydrogen) atoms. The predicted molar refractivity (Wildman–Crippen MR) is 59.3 cm³/mol. The van der Waals surface area contributed by atoms with Crippen LogP contribution in [0.1, 0.15) is 39.0 Å². The van der Waals surface area contributed by atoms with Crippen molar-refractivity contribution in [1.29, 1.82) is 0 Å². The molecule has 0 aromatic carbocycles. The topological polar surface area (TPSA) is 41.6 Å². The Morgan fingerprint density at radius 2 is 2.07 bits per heavy atom. The fourth-order valence-corrected chi connectivity index (χ4v) is 1.77. The quantitative estimate of drug-likeness (QED) is 0.535. The van der Waals surface area contributed by atoms with E-state index in [1.54, 1.807) is 0 Å². The number of hydroxylamine groups is 1. The van der Waals surface area contributed by atoms with E-state index >= 15 is 0 Å². The smallest absolute Gasteiger partial charge is 0.243 e. The van der Waals surface area contributed by atoms with E-state index in [1.165, 1.54) is 32.4 Å². The maximum Gasteiger partial charge on any atom is 0.243 e. The second-order valence-electron chi connectivity index (χ2n) is 4.03. The number of hydrogen-bond acceptors (Lipinski definition) is 3. The molecule has 0 radical (unpaired) electrons. The largest absolute Gasteiger partial charge is 0.301 e. The fraction of sp³-hybridized carbons (Fsp3) is 0.909. The first kappa shape index (κ1) is 12.5. The Labute approximate surface area is 91.9 Å². The van der Waals surface area contributed by atoms with Crippen LogP contribution in [0, 0.1) is 0 Å². The van der Waals surface area contributed by atoms with Gasteiger partial charge in [0.15, 0.2) is 0 Å². The van der Waals surface area contributed by atoms with Crippen LogP contribution < -0.4 is 5.48 Å². The molecular weight excluding hydrogens is 192 g/mol. The van der Waals surface area contributed by atoms with Crippen molar-refractivity contribution in [3.8, 4) is 0 Å². The summed E-state index contributed by atoms with van der Waals surface area (Å²) in [6.45, 7) is 5.84. The van der Waals surface area contributed by atoms with Gasteiger partial charge >= 0.3 is 0 Å². The molecule has 0 saturated carbocycles. The van der Waals surface area contributed by atoms with Gasteiger partial charge in [0.25, 0.3) is 0 Å². The summed E-state index contributed by atoms with van der Waals surface area (Å²) < 4.78 is 0. The minimum absolute atomic E-state index is 0.0175. The van der Waals surface area contributed by atoms with Crippen LogP contribution in [-0.4, -0.2) is 37.0 Å². The molecule has 0 spiro atoms. The third-order valence-electron chi connectivity index (χ3n) is 2.62. The maximum absolute atomic E-state index is 11.0. The summed E-state index contributed by atoms with van der Waals surface area (Å²) in [6.07, 6.45) is 5.35. The van der Waals surface area contributed by atoms with E-state index in [9.17, 15) is 4.79 Å². The van der Waals surface area contributed by atoms with Crippen LogP contribution in [0.2, 0.25) is 0 Å². The van der Waals surface area contributed by atoms with Crippen molar-refractivity contribution in [1.82, 2.24) is 10.4 Å². The Balaban J connectivity index is 1.93. The zero-order chi connectivity index (χ0) is 10.9. The molecule has 4 nitrogen and oxygen atoms in total. The summed E-state index contributed by atoms with van der Waals surface area (Å²) in [5.74, 6) is -0.0175. The summed E-state index contributed by atoms with van der Waals surface area (Å²) in [7, 11) is 0. The highest BCUT2D eigenvalue weighted by atomic mass is 16.6. The molecule has 1 saturated heterocycles. The lowest BCUT2D eigenvalue weighted by Crippen LogP contribution is -2.34. The first-order chi connectivity index (χ1) is 7.33. The van der Waals surface area contributed by atoms with Crippen LogP contribution in [-0.2, 0) is 9.63 Å². The lowest BCUT2D eigenvalue weighted by molar-refractivity contribution is -0.134. The highest BCUT2D eigenvalue weighted by Crippen LogP contribution is 2.07. The van der Waals surface area contributed by atoms with Crippen molar-refractivity contribution < 1.29 is 9.63 Å². The third kappa shape index (κ3) is 5.74. The molecule has 1 N–H and O–H groups in total. The van der Waals surface area contributed by atoms with Gasteiger partial charge in [-0.3, -0.25) is 9.63 Å². The predicted octanol–water partition coefficient (Wildman–Crippen LogP) is 1.32. The van der Waals surface area contributed by atoms with E-state index in [1.807, 2.05) is 6.92 Å². The van der Waals surface area contributed by atoms with E-state index in [0.717, 1.165) is 13.0 Å². The minimum Gasteiger partial charge on any atom is -0.301 e. The van der Waals surface area contributed by atoms with E-state index in [0.29, 0.717) is 13.0 Å². The first-order valence-corrected chi connectivity index (χ1v) is 5.96. The average molecular weight is 214 g/mol. The lowest BCUT2D eigenvalue weighted by Gasteiger charge is -2.25. The Bertz CT molecular complexity index is 179. The van der Waals surface area contributed by atoms with Crippen LogP contribution in [0.15, 0.2) is 0 Å². The summed E-state index contributed by atoms with van der Waals surface area (Å²) in [4.78, 5) is 18.5. The number of hydrogen-bond donors (Lipinski definition) is 1. The van der Waals surface area contributed by atoms with Crippen molar-refractivity contribution in [3.05, 3.63) is 0 Å². The molecule has 0 aliphatic carbocycles. The molecule has 1 amide bonds. The molecule has 1 aliphatic heterocycles. The van der Waals surface area contributed by atoms with E-state index in [-0.39, 0.29) is 5.91 Å². The summed E-state index contributed by atoms with van der Waals surface area (Å²) >= 11 is 0. The second-order valence-corrected chi connectivity index (χ2v) is 4.03. The summed E-state index contributed by atoms with van der Waals surface area (Å²) in [5.41, 5.74) is 2.46. The summed E-state index contributed by atoms with van der Waals surface area (Å²) in [6, 6.07) is 0. The Hall–Kier alpha value is -0.610. The lowest BCUT2D eigenvalue weighted by atomic mass is 10.1. The van der Waals surface area contributed by atoms with Crippen molar-refractivity contribution in [2.75, 3.05) is 26.2 Å². The number of amides is 1. The van der Waals surface area contributed by atoms with Crippen molar-refractivity contribution in [2.45, 2.75) is 39.0 Å². The normalized spacial score (nSPS) is 17.7. The molecule has 88 valence electrons. The van der Waals surface area contributed by atoms with Crippen molar-refractivity contribution in [3.63, 3.8) is 0 Å². The average Bonchev–Trinajstić information content (AvgIpc) is 2.26. The minimum atomic E-state index is -0.0175. The SMILES string of the molecule is CCCC(=O)NOCCN1CCCCC1. The summed E-state index contributed by atoms with van der Waals surface area (Å²) in [5, 5.41) is 0. The number of carbonyl (C=O) groups is 1. The van der Waals surface area contributed by atoms with E-state index < -0.39 is 0 Å². The van der Waals surface area contributed by atoms with Crippen LogP contribution >= 0.6 is 0 Å². The molecule has 1 rings (SSSR count). The second kappa shape index (κ2) is 7.65. The van der Waals surface area contributed by atoms with Gasteiger partial charge in [-0.25, -0.2) is 5.48 Å². The van der Waals surface area contributed by atoms with Gasteiger partial charge in [0.1, 0.15) is 0 Å². The van der Waals surface area contributed by atoms with Gasteiger partial charge < -0.3 is 4.90 Å². The van der Waals surface area contributed by atoms with Crippen molar-refractivity contribution in [2.24, 2.45) is 0 Å². The highest BCUT2D eigenvalue weighted by Gasteiger charge is 2.09. The third-order valence-corrected chi connectivity index (χ3v) is 2.62. The number of piperidine rings is 1. The number of rotatable bonds is 6. The van der Waals surface area contributed by atoms with E-state index in [2.05, 4.69) is 10.4 Å². The van der Waals surface area contributed by atoms with Crippen molar-refractivity contribution >= 4 is 5.91 Å². The van der Waals surface area contributed by atoms with Gasteiger partial charge in [-0.05, 0) is 32.4 Å². The molecule has 0 aromatic heterocycles. The molecule has 1 heterocycles. The van der Waals surface area contributed by atoms with Gasteiger partial charge in [0.2, 0.25) is 5.91 Å². The standard InChI is InChI=1S/C11H22N2O2/c1-2-6-11(14)12-15-10-9-13-7-4-3-5-8-13/h2-10H2,1H3,(H,12,14). The highest BCUT2D eigenvalue weighted by molar-refractivity contribution is 5.74. The van der Waals surface area contributed by atoms with Crippen LogP contribution in [0.4, 0.5) is 0 Å². The number of likely N-dealkylation sites (tertiary alicyclic amines) is 1. The van der Waals surface area contributed by atoms with E-state index in [4.69, 9.17) is 4.84 Å². The zero-order valence-electron chi connectivity index (χ0n) is 9.63. The number of nitrogens with zero attached hydrogens (tertiary/aromatic N) is 1. The van der Waals surface area contributed by atoms with Crippen LogP contribution in [0.3, 0.4) is 0 Å².